The smallest absolute Gasteiger partial charge is 0.312 e. The lowest BCUT2D eigenvalue weighted by Crippen LogP contribution is -2.48. The van der Waals surface area contributed by atoms with Crippen molar-refractivity contribution in [2.45, 2.75) is 86.7 Å². The Hall–Kier alpha value is -0.530. The maximum Gasteiger partial charge on any atom is 0.312 e. The van der Waals surface area contributed by atoms with Gasteiger partial charge < -0.3 is 4.74 Å². The summed E-state index contributed by atoms with van der Waals surface area (Å²) in [6.07, 6.45) is 3.91. The van der Waals surface area contributed by atoms with Crippen LogP contribution in [0.25, 0.3) is 0 Å². The molecular weight excluding hydrogens is 236 g/mol. The Morgan fingerprint density at radius 3 is 1.79 bits per heavy atom. The molecule has 112 valence electrons. The van der Waals surface area contributed by atoms with Crippen LogP contribution < -0.4 is 0 Å². The standard InChI is InChI=1S/C17H32O2/c1-9-16(6,7)13(18)19-17(8)11-14(2,3)10-15(4,5)12-17/h9-12H2,1-8H3. The van der Waals surface area contributed by atoms with E-state index in [0.29, 0.717) is 0 Å². The molecule has 0 radical (unpaired) electrons. The maximum absolute atomic E-state index is 12.4. The molecule has 0 N–H and O–H groups in total. The summed E-state index contributed by atoms with van der Waals surface area (Å²) in [6, 6.07) is 0. The van der Waals surface area contributed by atoms with Gasteiger partial charge >= 0.3 is 5.97 Å². The predicted octanol–water partition coefficient (Wildman–Crippen LogP) is 4.96. The van der Waals surface area contributed by atoms with Crippen LogP contribution in [0.15, 0.2) is 0 Å². The zero-order valence-corrected chi connectivity index (χ0v) is 14.1. The van der Waals surface area contributed by atoms with Gasteiger partial charge in [-0.3, -0.25) is 4.79 Å². The molecule has 0 aromatic rings. The predicted molar refractivity (Wildman–Crippen MR) is 80.0 cm³/mol. The topological polar surface area (TPSA) is 26.3 Å². The zero-order chi connectivity index (χ0) is 15.1. The SMILES string of the molecule is CCC(C)(C)C(=O)OC1(C)CC(C)(C)CC(C)(C)C1. The summed E-state index contributed by atoms with van der Waals surface area (Å²) in [6.45, 7) is 17.2. The number of hydrogen-bond donors (Lipinski definition) is 0. The second-order valence-corrected chi connectivity index (χ2v) is 8.94. The van der Waals surface area contributed by atoms with Crippen LogP contribution in [0, 0.1) is 16.2 Å². The summed E-state index contributed by atoms with van der Waals surface area (Å²) in [7, 11) is 0. The summed E-state index contributed by atoms with van der Waals surface area (Å²) in [5.41, 5.74) is -0.246. The molecule has 2 heteroatoms. The molecule has 1 aliphatic carbocycles. The molecule has 1 saturated carbocycles. The van der Waals surface area contributed by atoms with E-state index in [-0.39, 0.29) is 27.8 Å². The van der Waals surface area contributed by atoms with E-state index in [1.165, 1.54) is 6.42 Å². The fourth-order valence-electron chi connectivity index (χ4n) is 4.09. The Kier molecular flexibility index (Phi) is 4.16. The number of carbonyl (C=O) groups is 1. The monoisotopic (exact) mass is 268 g/mol. The Bertz CT molecular complexity index is 334. The van der Waals surface area contributed by atoms with Crippen molar-refractivity contribution in [3.63, 3.8) is 0 Å². The van der Waals surface area contributed by atoms with Gasteiger partial charge in [0, 0.05) is 0 Å². The Balaban J connectivity index is 2.89. The summed E-state index contributed by atoms with van der Waals surface area (Å²) in [4.78, 5) is 12.4. The van der Waals surface area contributed by atoms with Crippen LogP contribution in [-0.4, -0.2) is 11.6 Å². The first-order valence-corrected chi connectivity index (χ1v) is 7.54. The first-order chi connectivity index (χ1) is 8.31. The maximum atomic E-state index is 12.4. The van der Waals surface area contributed by atoms with Crippen LogP contribution >= 0.6 is 0 Å². The van der Waals surface area contributed by atoms with Gasteiger partial charge in [-0.1, -0.05) is 34.6 Å². The van der Waals surface area contributed by atoms with Gasteiger partial charge in [0.25, 0.3) is 0 Å². The average molecular weight is 268 g/mol. The molecule has 0 spiro atoms. The second kappa shape index (κ2) is 4.79. The molecule has 0 bridgehead atoms. The highest BCUT2D eigenvalue weighted by Gasteiger charge is 2.48. The van der Waals surface area contributed by atoms with Crippen LogP contribution in [0.2, 0.25) is 0 Å². The van der Waals surface area contributed by atoms with Gasteiger partial charge in [0.2, 0.25) is 0 Å². The van der Waals surface area contributed by atoms with Crippen molar-refractivity contribution in [2.75, 3.05) is 0 Å². The van der Waals surface area contributed by atoms with Gasteiger partial charge in [-0.2, -0.15) is 0 Å². The van der Waals surface area contributed by atoms with Crippen LogP contribution in [0.3, 0.4) is 0 Å². The van der Waals surface area contributed by atoms with E-state index in [0.717, 1.165) is 19.3 Å². The molecule has 0 aliphatic heterocycles. The van der Waals surface area contributed by atoms with Crippen molar-refractivity contribution in [2.24, 2.45) is 16.2 Å². The summed E-state index contributed by atoms with van der Waals surface area (Å²) in [5.74, 6) is -0.0500. The van der Waals surface area contributed by atoms with Crippen molar-refractivity contribution in [3.05, 3.63) is 0 Å². The lowest BCUT2D eigenvalue weighted by atomic mass is 9.60. The molecule has 19 heavy (non-hydrogen) atoms. The van der Waals surface area contributed by atoms with Gasteiger partial charge in [0.1, 0.15) is 5.60 Å². The van der Waals surface area contributed by atoms with Gasteiger partial charge in [-0.05, 0) is 57.3 Å². The van der Waals surface area contributed by atoms with Crippen molar-refractivity contribution < 1.29 is 9.53 Å². The molecule has 0 heterocycles. The molecule has 1 aliphatic rings. The number of esters is 1. The van der Waals surface area contributed by atoms with E-state index in [4.69, 9.17) is 4.74 Å². The van der Waals surface area contributed by atoms with Crippen LogP contribution in [-0.2, 0) is 9.53 Å². The molecule has 1 fully saturated rings. The van der Waals surface area contributed by atoms with E-state index in [1.54, 1.807) is 0 Å². The molecule has 0 unspecified atom stereocenters. The number of ether oxygens (including phenoxy) is 1. The normalized spacial score (nSPS) is 24.8. The first kappa shape index (κ1) is 16.5. The minimum Gasteiger partial charge on any atom is -0.459 e. The highest BCUT2D eigenvalue weighted by Crippen LogP contribution is 2.51. The van der Waals surface area contributed by atoms with Gasteiger partial charge in [0.05, 0.1) is 5.41 Å². The third-order valence-electron chi connectivity index (χ3n) is 4.44. The van der Waals surface area contributed by atoms with E-state index < -0.39 is 0 Å². The second-order valence-electron chi connectivity index (χ2n) is 8.94. The third-order valence-corrected chi connectivity index (χ3v) is 4.44. The summed E-state index contributed by atoms with van der Waals surface area (Å²) < 4.78 is 5.97. The van der Waals surface area contributed by atoms with Crippen molar-refractivity contribution in [1.29, 1.82) is 0 Å². The Morgan fingerprint density at radius 2 is 1.42 bits per heavy atom. The minimum atomic E-state index is -0.380. The van der Waals surface area contributed by atoms with E-state index in [1.807, 2.05) is 20.8 Å². The first-order valence-electron chi connectivity index (χ1n) is 7.54. The molecular formula is C17H32O2. The van der Waals surface area contributed by atoms with Crippen LogP contribution in [0.5, 0.6) is 0 Å². The molecule has 0 saturated heterocycles. The van der Waals surface area contributed by atoms with Crippen LogP contribution in [0.1, 0.15) is 81.1 Å². The molecule has 0 aromatic carbocycles. The lowest BCUT2D eigenvalue weighted by Gasteiger charge is -2.50. The molecule has 0 aromatic heterocycles. The van der Waals surface area contributed by atoms with E-state index in [2.05, 4.69) is 34.6 Å². The van der Waals surface area contributed by atoms with Crippen LogP contribution in [0.4, 0.5) is 0 Å². The molecule has 0 atom stereocenters. The number of carbonyl (C=O) groups excluding carboxylic acids is 1. The van der Waals surface area contributed by atoms with Gasteiger partial charge in [-0.15, -0.1) is 0 Å². The zero-order valence-electron chi connectivity index (χ0n) is 14.1. The van der Waals surface area contributed by atoms with E-state index in [9.17, 15) is 4.79 Å². The summed E-state index contributed by atoms with van der Waals surface area (Å²) >= 11 is 0. The fraction of sp³-hybridized carbons (Fsp3) is 0.941. The van der Waals surface area contributed by atoms with Gasteiger partial charge in [0.15, 0.2) is 0 Å². The lowest BCUT2D eigenvalue weighted by molar-refractivity contribution is -0.181. The third kappa shape index (κ3) is 4.22. The van der Waals surface area contributed by atoms with Crippen molar-refractivity contribution in [3.8, 4) is 0 Å². The Morgan fingerprint density at radius 1 is 1.00 bits per heavy atom. The highest BCUT2D eigenvalue weighted by atomic mass is 16.6. The van der Waals surface area contributed by atoms with Crippen molar-refractivity contribution in [1.82, 2.24) is 0 Å². The van der Waals surface area contributed by atoms with E-state index >= 15 is 0 Å². The number of hydrogen-bond acceptors (Lipinski definition) is 2. The largest absolute Gasteiger partial charge is 0.459 e. The highest BCUT2D eigenvalue weighted by molar-refractivity contribution is 5.76. The molecule has 0 amide bonds. The van der Waals surface area contributed by atoms with Crippen molar-refractivity contribution >= 4 is 5.97 Å². The quantitative estimate of drug-likeness (QED) is 0.676. The molecule has 2 nitrogen and oxygen atoms in total. The minimum absolute atomic E-state index is 0.0500. The number of rotatable bonds is 3. The Labute approximate surface area is 119 Å². The molecule has 1 rings (SSSR count). The fourth-order valence-corrected chi connectivity index (χ4v) is 4.09. The van der Waals surface area contributed by atoms with Gasteiger partial charge in [-0.25, -0.2) is 0 Å². The average Bonchev–Trinajstić information content (AvgIpc) is 2.10. The summed E-state index contributed by atoms with van der Waals surface area (Å²) in [5, 5.41) is 0.